The number of anilines is 1. The van der Waals surface area contributed by atoms with Crippen LogP contribution in [0, 0.1) is 6.92 Å². The summed E-state index contributed by atoms with van der Waals surface area (Å²) in [6.45, 7) is 2.98. The number of aliphatic hydroxyl groups is 1. The van der Waals surface area contributed by atoms with Gasteiger partial charge in [-0.2, -0.15) is 14.7 Å². The van der Waals surface area contributed by atoms with Gasteiger partial charge in [0.05, 0.1) is 23.7 Å². The summed E-state index contributed by atoms with van der Waals surface area (Å²) in [5, 5.41) is 18.2. The van der Waals surface area contributed by atoms with Crippen molar-refractivity contribution >= 4 is 23.2 Å². The molecule has 11 nitrogen and oxygen atoms in total. The summed E-state index contributed by atoms with van der Waals surface area (Å²) in [5.41, 5.74) is 10.7. The van der Waals surface area contributed by atoms with Gasteiger partial charge in [0.2, 0.25) is 5.91 Å². The van der Waals surface area contributed by atoms with Crippen molar-refractivity contribution in [3.8, 4) is 16.9 Å². The summed E-state index contributed by atoms with van der Waals surface area (Å²) in [4.78, 5) is 36.4. The predicted octanol–water partition coefficient (Wildman–Crippen LogP) is 2.30. The highest BCUT2D eigenvalue weighted by atomic mass is 16.3. The Kier molecular flexibility index (Phi) is 5.52. The van der Waals surface area contributed by atoms with E-state index in [0.717, 1.165) is 29.5 Å². The van der Waals surface area contributed by atoms with E-state index in [0.29, 0.717) is 35.6 Å². The number of fused-ring (bicyclic) bond motifs is 3. The molecular formula is C26H28N8O3. The number of hydrogen-bond acceptors (Lipinski definition) is 8. The number of piperidine rings is 1. The number of aryl methyl sites for hydroxylation is 1. The molecule has 0 spiro atoms. The van der Waals surface area contributed by atoms with Gasteiger partial charge >= 0.3 is 0 Å². The number of Topliss-reactive ketones (excluding diaryl/α,β-unsaturated/α-hetero) is 1. The average Bonchev–Trinajstić information content (AvgIpc) is 3.59. The molecule has 0 saturated carbocycles. The van der Waals surface area contributed by atoms with Crippen molar-refractivity contribution in [2.75, 3.05) is 12.3 Å². The van der Waals surface area contributed by atoms with Gasteiger partial charge < -0.3 is 15.7 Å². The lowest BCUT2D eigenvalue weighted by Gasteiger charge is -2.39. The van der Waals surface area contributed by atoms with Crippen molar-refractivity contribution in [2.45, 2.75) is 57.5 Å². The van der Waals surface area contributed by atoms with E-state index in [1.807, 2.05) is 30.2 Å². The number of aromatic nitrogens is 6. The molecule has 190 valence electrons. The number of pyridine rings is 1. The normalized spacial score (nSPS) is 21.1. The first-order valence-corrected chi connectivity index (χ1v) is 12.4. The van der Waals surface area contributed by atoms with Crippen LogP contribution < -0.4 is 5.73 Å². The van der Waals surface area contributed by atoms with Gasteiger partial charge in [-0.25, -0.2) is 14.6 Å². The molecule has 0 aliphatic carbocycles. The third kappa shape index (κ3) is 3.77. The zero-order valence-corrected chi connectivity index (χ0v) is 20.7. The van der Waals surface area contributed by atoms with Gasteiger partial charge in [-0.1, -0.05) is 0 Å². The van der Waals surface area contributed by atoms with Crippen molar-refractivity contribution in [1.29, 1.82) is 0 Å². The molecule has 0 radical (unpaired) electrons. The smallest absolute Gasteiger partial charge is 0.248 e. The molecule has 2 fully saturated rings. The Labute approximate surface area is 212 Å². The van der Waals surface area contributed by atoms with Gasteiger partial charge in [0.1, 0.15) is 12.4 Å². The van der Waals surface area contributed by atoms with E-state index in [-0.39, 0.29) is 35.5 Å². The van der Waals surface area contributed by atoms with Crippen LogP contribution in [0.2, 0.25) is 0 Å². The number of nitrogens with two attached hydrogens (primary N) is 1. The molecule has 2 saturated heterocycles. The van der Waals surface area contributed by atoms with E-state index >= 15 is 0 Å². The maximum atomic E-state index is 12.7. The molecule has 4 aromatic heterocycles. The first kappa shape index (κ1) is 23.3. The maximum Gasteiger partial charge on any atom is 0.248 e. The topological polar surface area (TPSA) is 145 Å². The van der Waals surface area contributed by atoms with Crippen LogP contribution >= 0.6 is 0 Å². The van der Waals surface area contributed by atoms with Crippen molar-refractivity contribution in [1.82, 2.24) is 34.3 Å². The van der Waals surface area contributed by atoms with Crippen LogP contribution in [0.15, 0.2) is 36.9 Å². The highest BCUT2D eigenvalue weighted by Crippen LogP contribution is 2.44. The third-order valence-electron chi connectivity index (χ3n) is 7.61. The summed E-state index contributed by atoms with van der Waals surface area (Å²) in [5.74, 6) is 0.523. The van der Waals surface area contributed by atoms with Gasteiger partial charge in [-0.3, -0.25) is 9.59 Å². The zero-order valence-electron chi connectivity index (χ0n) is 20.7. The highest BCUT2D eigenvalue weighted by Gasteiger charge is 2.44. The molecule has 2 aliphatic rings. The van der Waals surface area contributed by atoms with Crippen molar-refractivity contribution in [3.05, 3.63) is 53.7 Å². The van der Waals surface area contributed by atoms with Crippen LogP contribution in [0.1, 0.15) is 60.1 Å². The maximum absolute atomic E-state index is 12.7. The number of amides is 1. The molecule has 6 heterocycles. The van der Waals surface area contributed by atoms with E-state index < -0.39 is 6.61 Å². The van der Waals surface area contributed by atoms with Gasteiger partial charge in [-0.05, 0) is 57.2 Å². The first-order valence-electron chi connectivity index (χ1n) is 12.4. The van der Waals surface area contributed by atoms with Crippen LogP contribution in [-0.2, 0) is 4.79 Å². The van der Waals surface area contributed by atoms with Crippen LogP contribution in [-0.4, -0.2) is 69.7 Å². The Bertz CT molecular complexity index is 1510. The number of aliphatic hydroxyl groups excluding tert-OH is 1. The summed E-state index contributed by atoms with van der Waals surface area (Å²) < 4.78 is 3.23. The first-order chi connectivity index (χ1) is 17.9. The number of carbonyl (C=O) groups excluding carboxylic acids is 2. The summed E-state index contributed by atoms with van der Waals surface area (Å²) in [7, 11) is 0. The Balaban J connectivity index is 1.41. The van der Waals surface area contributed by atoms with Gasteiger partial charge in [-0.15, -0.1) is 0 Å². The predicted molar refractivity (Wildman–Crippen MR) is 135 cm³/mol. The lowest BCUT2D eigenvalue weighted by atomic mass is 9.85. The monoisotopic (exact) mass is 500 g/mol. The molecule has 2 bridgehead atoms. The number of nitrogens with zero attached hydrogens (tertiary/aromatic N) is 7. The quantitative estimate of drug-likeness (QED) is 0.397. The molecule has 3 N–H and O–H groups in total. The van der Waals surface area contributed by atoms with Crippen molar-refractivity contribution < 1.29 is 14.7 Å². The molecule has 2 atom stereocenters. The number of hydrogen-bond donors (Lipinski definition) is 2. The Morgan fingerprint density at radius 2 is 1.86 bits per heavy atom. The number of rotatable bonds is 5. The molecule has 2 unspecified atom stereocenters. The number of ketones is 1. The van der Waals surface area contributed by atoms with Crippen molar-refractivity contribution in [2.24, 2.45) is 0 Å². The Morgan fingerprint density at radius 1 is 1.11 bits per heavy atom. The van der Waals surface area contributed by atoms with E-state index in [9.17, 15) is 14.7 Å². The molecule has 4 aromatic rings. The van der Waals surface area contributed by atoms with Gasteiger partial charge in [0.15, 0.2) is 17.2 Å². The fraction of sp³-hybridized carbons (Fsp3) is 0.385. The standard InChI is InChI=1S/C26H28N8O3/c1-14-9-29-32(12-14)21-6-3-16(10-28-21)20-11-30-34-25(27)23(15(2)36)24(31-26(20)34)17-7-18-4-5-19(8-17)33(18)22(37)13-35/h3,6,9-12,17-19,35H,4-5,7-8,13,27H2,1-2H3. The van der Waals surface area contributed by atoms with Crippen LogP contribution in [0.25, 0.3) is 22.6 Å². The molecule has 0 aromatic carbocycles. The zero-order chi connectivity index (χ0) is 25.8. The number of nitrogen functional groups attached to an aromatic ring is 1. The Morgan fingerprint density at radius 3 is 2.46 bits per heavy atom. The van der Waals surface area contributed by atoms with Crippen LogP contribution in [0.5, 0.6) is 0 Å². The summed E-state index contributed by atoms with van der Waals surface area (Å²) in [6, 6.07) is 3.86. The minimum absolute atomic E-state index is 0.0227. The summed E-state index contributed by atoms with van der Waals surface area (Å²) in [6.07, 6.45) is 10.2. The second-order valence-corrected chi connectivity index (χ2v) is 9.99. The minimum Gasteiger partial charge on any atom is -0.387 e. The Hall–Kier alpha value is -4.12. The van der Waals surface area contributed by atoms with Crippen LogP contribution in [0.3, 0.4) is 0 Å². The molecule has 11 heteroatoms. The molecule has 2 aliphatic heterocycles. The fourth-order valence-electron chi connectivity index (χ4n) is 6.00. The lowest BCUT2D eigenvalue weighted by molar-refractivity contribution is -0.138. The average molecular weight is 501 g/mol. The number of carbonyl (C=O) groups is 2. The SMILES string of the molecule is CC(=O)c1c(C2CC3CCC(C2)N3C(=O)CO)nc2c(-c3ccc(-n4cc(C)cn4)nc3)cnn2c1N. The lowest BCUT2D eigenvalue weighted by Crippen LogP contribution is -2.47. The largest absolute Gasteiger partial charge is 0.387 e. The molecule has 1 amide bonds. The van der Waals surface area contributed by atoms with E-state index in [4.69, 9.17) is 10.7 Å². The fourth-order valence-corrected chi connectivity index (χ4v) is 6.00. The minimum atomic E-state index is -0.487. The van der Waals surface area contributed by atoms with E-state index in [2.05, 4.69) is 15.2 Å². The molecule has 6 rings (SSSR count). The van der Waals surface area contributed by atoms with Crippen LogP contribution in [0.4, 0.5) is 5.82 Å². The second-order valence-electron chi connectivity index (χ2n) is 9.99. The molecular weight excluding hydrogens is 472 g/mol. The summed E-state index contributed by atoms with van der Waals surface area (Å²) >= 11 is 0. The van der Waals surface area contributed by atoms with E-state index in [1.54, 1.807) is 23.3 Å². The van der Waals surface area contributed by atoms with E-state index in [1.165, 1.54) is 11.4 Å². The molecule has 37 heavy (non-hydrogen) atoms. The third-order valence-corrected chi connectivity index (χ3v) is 7.61. The van der Waals surface area contributed by atoms with Crippen molar-refractivity contribution in [3.63, 3.8) is 0 Å². The second kappa shape index (κ2) is 8.77. The van der Waals surface area contributed by atoms with Gasteiger partial charge in [0.25, 0.3) is 0 Å². The highest BCUT2D eigenvalue weighted by molar-refractivity contribution is 6.00. The van der Waals surface area contributed by atoms with Gasteiger partial charge in [0, 0.05) is 41.5 Å².